The van der Waals surface area contributed by atoms with Gasteiger partial charge in [-0.3, -0.25) is 4.79 Å². The van der Waals surface area contributed by atoms with E-state index in [1.807, 2.05) is 52.9 Å². The van der Waals surface area contributed by atoms with E-state index in [-0.39, 0.29) is 57.9 Å². The lowest BCUT2D eigenvalue weighted by atomic mass is 9.77. The molecular formula is C36H48ClF2N3O3. The third-order valence-corrected chi connectivity index (χ3v) is 7.75. The first kappa shape index (κ1) is 37.7. The molecule has 1 saturated heterocycles. The quantitative estimate of drug-likeness (QED) is 0.226. The number of rotatable bonds is 7. The molecule has 0 spiro atoms. The fourth-order valence-corrected chi connectivity index (χ4v) is 5.46. The summed E-state index contributed by atoms with van der Waals surface area (Å²) >= 11 is 5.33. The molecule has 3 aromatic rings. The van der Waals surface area contributed by atoms with Crippen LogP contribution in [0, 0.1) is 29.9 Å². The van der Waals surface area contributed by atoms with E-state index in [9.17, 15) is 18.4 Å². The molecule has 0 bridgehead atoms. The Bertz CT molecular complexity index is 1390. The number of methoxy groups -OCH3 is 1. The van der Waals surface area contributed by atoms with Gasteiger partial charge in [-0.2, -0.15) is 0 Å². The molecule has 6 nitrogen and oxygen atoms in total. The maximum atomic E-state index is 14.4. The lowest BCUT2D eigenvalue weighted by molar-refractivity contribution is -0.110. The molecule has 45 heavy (non-hydrogen) atoms. The van der Waals surface area contributed by atoms with E-state index in [1.165, 1.54) is 12.1 Å². The highest BCUT2D eigenvalue weighted by molar-refractivity contribution is 6.30. The predicted molar refractivity (Wildman–Crippen MR) is 180 cm³/mol. The third kappa shape index (κ3) is 11.4. The summed E-state index contributed by atoms with van der Waals surface area (Å²) in [6.07, 6.45) is 1.88. The summed E-state index contributed by atoms with van der Waals surface area (Å²) in [6.45, 7) is 14.3. The maximum absolute atomic E-state index is 14.4. The van der Waals surface area contributed by atoms with Crippen LogP contribution in [0.2, 0.25) is 5.02 Å². The van der Waals surface area contributed by atoms with Crippen molar-refractivity contribution in [1.29, 1.82) is 0 Å². The largest absolute Gasteiger partial charge is 0.495 e. The number of ether oxygens (including phenoxy) is 1. The van der Waals surface area contributed by atoms with Crippen LogP contribution in [-0.2, 0) is 4.79 Å². The van der Waals surface area contributed by atoms with Gasteiger partial charge in [0.2, 0.25) is 0 Å². The standard InChI is InChI=1S/C18H26FNO.C12H18N2O2.C6H4ClF/c1-11-6-7-13(14(19)8-11)17-12(2)16(10-21)20-15(17)9-18(3,4)5;1-8(2)14-12(15)9-5-6-10(13-3)11(7-9)16-4;7-5-3-1-2-4-6(5)8/h6-8,10,12,15-17,20H,9H2,1-5H3;5-8,13H,1-4H3,(H,14,15);1-4H/t12-,15-,16?,17?;;/m1../s1. The van der Waals surface area contributed by atoms with Gasteiger partial charge in [0.05, 0.1) is 23.9 Å². The molecule has 4 atom stereocenters. The summed E-state index contributed by atoms with van der Waals surface area (Å²) in [6, 6.07) is 16.9. The number of carbonyl (C=O) groups is 2. The summed E-state index contributed by atoms with van der Waals surface area (Å²) in [4.78, 5) is 23.0. The minimum absolute atomic E-state index is 0.0417. The van der Waals surface area contributed by atoms with Crippen molar-refractivity contribution in [2.45, 2.75) is 78.9 Å². The van der Waals surface area contributed by atoms with E-state index >= 15 is 0 Å². The Kier molecular flexibility index (Phi) is 14.5. The van der Waals surface area contributed by atoms with Gasteiger partial charge in [-0.25, -0.2) is 8.78 Å². The lowest BCUT2D eigenvalue weighted by Crippen LogP contribution is -2.35. The molecule has 1 aliphatic rings. The van der Waals surface area contributed by atoms with Crippen molar-refractivity contribution in [2.75, 3.05) is 19.5 Å². The number of benzene rings is 3. The van der Waals surface area contributed by atoms with Crippen molar-refractivity contribution in [3.05, 3.63) is 94.0 Å². The first-order valence-corrected chi connectivity index (χ1v) is 15.5. The highest BCUT2D eigenvalue weighted by Crippen LogP contribution is 2.41. The van der Waals surface area contributed by atoms with Crippen molar-refractivity contribution in [3.63, 3.8) is 0 Å². The van der Waals surface area contributed by atoms with Crippen LogP contribution >= 0.6 is 11.6 Å². The molecule has 1 aliphatic heterocycles. The SMILES string of the molecule is CNc1ccc(C(=O)NC(C)C)cc1OC.Cc1ccc(C2[C@H](C)C(C=O)N[C@@H]2CC(C)(C)C)c(F)c1.Fc1ccccc1Cl. The molecule has 3 aromatic carbocycles. The second-order valence-electron chi connectivity index (χ2n) is 12.8. The zero-order chi connectivity index (χ0) is 33.9. The number of nitrogens with one attached hydrogen (secondary N) is 3. The highest BCUT2D eigenvalue weighted by Gasteiger charge is 2.43. The van der Waals surface area contributed by atoms with Crippen LogP contribution in [0.4, 0.5) is 14.5 Å². The normalized spacial score (nSPS) is 19.0. The van der Waals surface area contributed by atoms with Crippen LogP contribution in [0.3, 0.4) is 0 Å². The molecule has 9 heteroatoms. The molecule has 0 aliphatic carbocycles. The Hall–Kier alpha value is -3.49. The zero-order valence-electron chi connectivity index (χ0n) is 27.8. The van der Waals surface area contributed by atoms with Gasteiger partial charge in [0.25, 0.3) is 5.91 Å². The second-order valence-corrected chi connectivity index (χ2v) is 13.2. The third-order valence-electron chi connectivity index (χ3n) is 7.44. The number of carbonyl (C=O) groups excluding carboxylic acids is 2. The van der Waals surface area contributed by atoms with Gasteiger partial charge in [-0.15, -0.1) is 0 Å². The van der Waals surface area contributed by atoms with Crippen LogP contribution < -0.4 is 20.7 Å². The van der Waals surface area contributed by atoms with Crippen molar-refractivity contribution in [1.82, 2.24) is 10.6 Å². The molecule has 3 N–H and O–H groups in total. The van der Waals surface area contributed by atoms with Crippen molar-refractivity contribution in [2.24, 2.45) is 11.3 Å². The second kappa shape index (κ2) is 17.3. The Balaban J connectivity index is 0.000000258. The van der Waals surface area contributed by atoms with Crippen LogP contribution in [-0.4, -0.2) is 44.5 Å². The van der Waals surface area contributed by atoms with Crippen molar-refractivity contribution in [3.8, 4) is 5.75 Å². The van der Waals surface area contributed by atoms with E-state index in [1.54, 1.807) is 37.4 Å². The number of aldehydes is 1. The maximum Gasteiger partial charge on any atom is 0.251 e. The predicted octanol–water partition coefficient (Wildman–Crippen LogP) is 8.18. The molecule has 246 valence electrons. The Labute approximate surface area is 272 Å². The first-order chi connectivity index (χ1) is 21.1. The molecule has 1 heterocycles. The summed E-state index contributed by atoms with van der Waals surface area (Å²) < 4.78 is 31.8. The summed E-state index contributed by atoms with van der Waals surface area (Å²) in [5.41, 5.74) is 3.26. The van der Waals surface area contributed by atoms with Gasteiger partial charge in [0, 0.05) is 30.6 Å². The van der Waals surface area contributed by atoms with E-state index in [2.05, 4.69) is 36.7 Å². The zero-order valence-corrected chi connectivity index (χ0v) is 28.6. The fraction of sp³-hybridized carbons (Fsp3) is 0.444. The van der Waals surface area contributed by atoms with E-state index in [4.69, 9.17) is 16.3 Å². The summed E-state index contributed by atoms with van der Waals surface area (Å²) in [5, 5.41) is 9.41. The van der Waals surface area contributed by atoms with Gasteiger partial charge in [0.1, 0.15) is 23.7 Å². The number of halogens is 3. The van der Waals surface area contributed by atoms with Gasteiger partial charge in [-0.1, -0.05) is 63.6 Å². The molecule has 1 amide bonds. The number of aryl methyl sites for hydroxylation is 1. The van der Waals surface area contributed by atoms with E-state index in [0.717, 1.165) is 29.5 Å². The molecule has 4 rings (SSSR count). The lowest BCUT2D eigenvalue weighted by Gasteiger charge is -2.29. The van der Waals surface area contributed by atoms with Crippen LogP contribution in [0.25, 0.3) is 0 Å². The van der Waals surface area contributed by atoms with Gasteiger partial charge in [-0.05, 0) is 86.1 Å². The Morgan fingerprint density at radius 1 is 1.07 bits per heavy atom. The van der Waals surface area contributed by atoms with Crippen LogP contribution in [0.15, 0.2) is 60.7 Å². The van der Waals surface area contributed by atoms with E-state index < -0.39 is 0 Å². The number of hydrogen-bond donors (Lipinski definition) is 3. The highest BCUT2D eigenvalue weighted by atomic mass is 35.5. The smallest absolute Gasteiger partial charge is 0.251 e. The van der Waals surface area contributed by atoms with Crippen LogP contribution in [0.1, 0.15) is 75.4 Å². The molecular weight excluding hydrogens is 596 g/mol. The Morgan fingerprint density at radius 3 is 2.22 bits per heavy atom. The van der Waals surface area contributed by atoms with Gasteiger partial charge in [0.15, 0.2) is 0 Å². The van der Waals surface area contributed by atoms with Gasteiger partial charge < -0.3 is 25.5 Å². The van der Waals surface area contributed by atoms with Crippen molar-refractivity contribution >= 4 is 29.5 Å². The minimum Gasteiger partial charge on any atom is -0.495 e. The summed E-state index contributed by atoms with van der Waals surface area (Å²) in [5.74, 6) is 0.204. The molecule has 2 unspecified atom stereocenters. The average Bonchev–Trinajstić information content (AvgIpc) is 3.27. The number of hydrogen-bond acceptors (Lipinski definition) is 5. The first-order valence-electron chi connectivity index (χ1n) is 15.2. The van der Waals surface area contributed by atoms with Crippen LogP contribution in [0.5, 0.6) is 5.75 Å². The molecule has 0 aromatic heterocycles. The van der Waals surface area contributed by atoms with E-state index in [0.29, 0.717) is 11.3 Å². The monoisotopic (exact) mass is 643 g/mol. The average molecular weight is 644 g/mol. The fourth-order valence-electron chi connectivity index (χ4n) is 5.33. The van der Waals surface area contributed by atoms with Gasteiger partial charge >= 0.3 is 0 Å². The molecule has 0 radical (unpaired) electrons. The van der Waals surface area contributed by atoms with Crippen molar-refractivity contribution < 1.29 is 23.1 Å². The number of anilines is 1. The Morgan fingerprint density at radius 2 is 1.73 bits per heavy atom. The molecule has 1 fully saturated rings. The summed E-state index contributed by atoms with van der Waals surface area (Å²) in [7, 11) is 3.39. The minimum atomic E-state index is -0.367. The topological polar surface area (TPSA) is 79.5 Å². The number of amides is 1. The molecule has 0 saturated carbocycles.